The van der Waals surface area contributed by atoms with Crippen LogP contribution in [-0.2, 0) is 25.5 Å². The lowest BCUT2D eigenvalue weighted by Gasteiger charge is -2.29. The Labute approximate surface area is 242 Å². The van der Waals surface area contributed by atoms with Crippen molar-refractivity contribution in [2.45, 2.75) is 84.2 Å². The van der Waals surface area contributed by atoms with Crippen molar-refractivity contribution in [3.8, 4) is 0 Å². The van der Waals surface area contributed by atoms with Gasteiger partial charge in [-0.15, -0.1) is 0 Å². The molecule has 1 heterocycles. The van der Waals surface area contributed by atoms with Gasteiger partial charge in [0.1, 0.15) is 11.4 Å². The Morgan fingerprint density at radius 1 is 1.05 bits per heavy atom. The molecule has 0 saturated heterocycles. The van der Waals surface area contributed by atoms with E-state index in [0.29, 0.717) is 11.1 Å². The van der Waals surface area contributed by atoms with Gasteiger partial charge < -0.3 is 10.1 Å². The molecule has 4 rings (SSSR count). The minimum atomic E-state index is -4.56. The van der Waals surface area contributed by atoms with Crippen molar-refractivity contribution in [3.05, 3.63) is 70.5 Å². The maximum Gasteiger partial charge on any atom is 0.389 e. The number of halogens is 4. The Kier molecular flexibility index (Phi) is 9.23. The molecule has 2 aromatic carbocycles. The molecule has 42 heavy (non-hydrogen) atoms. The average molecular weight is 589 g/mol. The SMILES string of the molecule is Cc1ccc(C2=N[C@H](NC(=O)[C@H](CCC(F)(F)F)[C@H](CC3CC3)C(=O)OC(C)(C)C)C(=O)Cc3c(F)cccc32)cc1. The number of amides is 1. The van der Waals surface area contributed by atoms with Gasteiger partial charge in [-0.2, -0.15) is 13.2 Å². The van der Waals surface area contributed by atoms with E-state index in [2.05, 4.69) is 10.3 Å². The number of ether oxygens (including phenoxy) is 1. The second-order valence-electron chi connectivity index (χ2n) is 12.2. The van der Waals surface area contributed by atoms with Crippen LogP contribution in [0.1, 0.15) is 75.1 Å². The Bertz CT molecular complexity index is 1360. The molecule has 2 aromatic rings. The summed E-state index contributed by atoms with van der Waals surface area (Å²) in [5.74, 6) is -5.31. The summed E-state index contributed by atoms with van der Waals surface area (Å²) in [4.78, 5) is 44.9. The third-order valence-electron chi connectivity index (χ3n) is 7.45. The minimum Gasteiger partial charge on any atom is -0.460 e. The zero-order valence-electron chi connectivity index (χ0n) is 24.2. The smallest absolute Gasteiger partial charge is 0.389 e. The highest BCUT2D eigenvalue weighted by atomic mass is 19.4. The first kappa shape index (κ1) is 31.4. The maximum absolute atomic E-state index is 14.9. The lowest BCUT2D eigenvalue weighted by Crippen LogP contribution is -2.47. The van der Waals surface area contributed by atoms with Crippen molar-refractivity contribution >= 4 is 23.4 Å². The Morgan fingerprint density at radius 2 is 1.71 bits per heavy atom. The molecule has 6 nitrogen and oxygen atoms in total. The number of aliphatic imine (C=N–C) groups is 1. The molecular formula is C32H36F4N2O4. The summed E-state index contributed by atoms with van der Waals surface area (Å²) in [6, 6.07) is 11.5. The minimum absolute atomic E-state index is 0.104. The van der Waals surface area contributed by atoms with Gasteiger partial charge in [-0.3, -0.25) is 19.4 Å². The molecule has 1 amide bonds. The number of aryl methyl sites for hydroxylation is 1. The molecule has 10 heteroatoms. The summed E-state index contributed by atoms with van der Waals surface area (Å²) in [6.07, 6.45) is -6.56. The fourth-order valence-corrected chi connectivity index (χ4v) is 5.15. The maximum atomic E-state index is 14.9. The van der Waals surface area contributed by atoms with Crippen LogP contribution in [0.15, 0.2) is 47.5 Å². The Hall–Kier alpha value is -3.56. The highest BCUT2D eigenvalue weighted by Gasteiger charge is 2.43. The first-order chi connectivity index (χ1) is 19.6. The Balaban J connectivity index is 1.70. The zero-order chi connectivity index (χ0) is 30.8. The van der Waals surface area contributed by atoms with Gasteiger partial charge in [-0.25, -0.2) is 4.39 Å². The number of Topliss-reactive ketones (excluding diaryl/α,β-unsaturated/α-hetero) is 1. The monoisotopic (exact) mass is 588 g/mol. The molecule has 2 aliphatic rings. The van der Waals surface area contributed by atoms with Crippen LogP contribution in [0.25, 0.3) is 0 Å². The van der Waals surface area contributed by atoms with Gasteiger partial charge in [0.25, 0.3) is 0 Å². The van der Waals surface area contributed by atoms with Crippen LogP contribution in [0, 0.1) is 30.5 Å². The molecule has 1 N–H and O–H groups in total. The molecule has 1 aliphatic carbocycles. The van der Waals surface area contributed by atoms with Gasteiger partial charge >= 0.3 is 12.1 Å². The molecule has 0 spiro atoms. The molecule has 1 aliphatic heterocycles. The van der Waals surface area contributed by atoms with E-state index >= 15 is 0 Å². The number of carbonyl (C=O) groups excluding carboxylic acids is 3. The largest absolute Gasteiger partial charge is 0.460 e. The predicted octanol–water partition coefficient (Wildman–Crippen LogP) is 6.26. The lowest BCUT2D eigenvalue weighted by atomic mass is 9.83. The van der Waals surface area contributed by atoms with Gasteiger partial charge in [0, 0.05) is 29.5 Å². The third kappa shape index (κ3) is 8.26. The highest BCUT2D eigenvalue weighted by Crippen LogP contribution is 2.40. The summed E-state index contributed by atoms with van der Waals surface area (Å²) in [7, 11) is 0. The fraction of sp³-hybridized carbons (Fsp3) is 0.500. The van der Waals surface area contributed by atoms with Crippen molar-refractivity contribution in [1.29, 1.82) is 0 Å². The predicted molar refractivity (Wildman–Crippen MR) is 149 cm³/mol. The average Bonchev–Trinajstić information content (AvgIpc) is 3.71. The van der Waals surface area contributed by atoms with Gasteiger partial charge in [-0.05, 0) is 52.5 Å². The number of fused-ring (bicyclic) bond motifs is 1. The normalized spacial score (nSPS) is 18.8. The van der Waals surface area contributed by atoms with Crippen LogP contribution in [-0.4, -0.2) is 41.3 Å². The fourth-order valence-electron chi connectivity index (χ4n) is 5.15. The summed E-state index contributed by atoms with van der Waals surface area (Å²) in [5.41, 5.74) is 1.41. The third-order valence-corrected chi connectivity index (χ3v) is 7.45. The van der Waals surface area contributed by atoms with Crippen LogP contribution >= 0.6 is 0 Å². The topological polar surface area (TPSA) is 84.8 Å². The van der Waals surface area contributed by atoms with Crippen LogP contribution in [0.2, 0.25) is 0 Å². The molecule has 0 bridgehead atoms. The highest BCUT2D eigenvalue weighted by molar-refractivity contribution is 6.16. The number of nitrogens with one attached hydrogen (secondary N) is 1. The number of ketones is 1. The van der Waals surface area contributed by atoms with E-state index in [4.69, 9.17) is 4.74 Å². The van der Waals surface area contributed by atoms with Crippen molar-refractivity contribution in [2.24, 2.45) is 22.7 Å². The molecular weight excluding hydrogens is 552 g/mol. The second kappa shape index (κ2) is 12.4. The molecule has 0 radical (unpaired) electrons. The number of carbonyl (C=O) groups is 3. The van der Waals surface area contributed by atoms with E-state index < -0.39 is 66.1 Å². The summed E-state index contributed by atoms with van der Waals surface area (Å²) in [6.45, 7) is 6.83. The van der Waals surface area contributed by atoms with Gasteiger partial charge in [0.2, 0.25) is 5.91 Å². The number of alkyl halides is 3. The number of rotatable bonds is 9. The number of benzene rings is 2. The van der Waals surface area contributed by atoms with E-state index in [1.54, 1.807) is 39.0 Å². The Morgan fingerprint density at radius 3 is 2.31 bits per heavy atom. The van der Waals surface area contributed by atoms with E-state index in [-0.39, 0.29) is 30.0 Å². The number of esters is 1. The van der Waals surface area contributed by atoms with E-state index in [1.165, 1.54) is 12.1 Å². The van der Waals surface area contributed by atoms with E-state index in [1.807, 2.05) is 19.1 Å². The molecule has 1 fully saturated rings. The van der Waals surface area contributed by atoms with Crippen molar-refractivity contribution in [2.75, 3.05) is 0 Å². The zero-order valence-corrected chi connectivity index (χ0v) is 24.2. The molecule has 226 valence electrons. The first-order valence-corrected chi connectivity index (χ1v) is 14.2. The molecule has 0 unspecified atom stereocenters. The number of hydrogen-bond acceptors (Lipinski definition) is 5. The number of nitrogens with zero attached hydrogens (tertiary/aromatic N) is 1. The molecule has 1 saturated carbocycles. The van der Waals surface area contributed by atoms with Gasteiger partial charge in [-0.1, -0.05) is 54.8 Å². The van der Waals surface area contributed by atoms with Crippen molar-refractivity contribution in [3.63, 3.8) is 0 Å². The standard InChI is InChI=1S/C32H36F4N2O4/c1-18-8-12-20(13-9-18)27-21-6-5-7-25(33)23(21)17-26(39)28(37-27)38-29(40)22(14-15-32(34,35)36)24(16-19-10-11-19)30(41)42-31(2,3)4/h5-9,12-13,19,22,24,28H,10-11,14-17H2,1-4H3,(H,38,40)/t22-,24+,28-/m1/s1. The van der Waals surface area contributed by atoms with Gasteiger partial charge in [0.15, 0.2) is 11.9 Å². The summed E-state index contributed by atoms with van der Waals surface area (Å²) >= 11 is 0. The van der Waals surface area contributed by atoms with Crippen molar-refractivity contribution in [1.82, 2.24) is 5.32 Å². The van der Waals surface area contributed by atoms with Crippen LogP contribution in [0.5, 0.6) is 0 Å². The number of hydrogen-bond donors (Lipinski definition) is 1. The van der Waals surface area contributed by atoms with E-state index in [9.17, 15) is 31.9 Å². The molecule has 0 aromatic heterocycles. The van der Waals surface area contributed by atoms with Crippen LogP contribution < -0.4 is 5.32 Å². The first-order valence-electron chi connectivity index (χ1n) is 14.2. The molecule has 3 atom stereocenters. The van der Waals surface area contributed by atoms with Crippen LogP contribution in [0.4, 0.5) is 17.6 Å². The second-order valence-corrected chi connectivity index (χ2v) is 12.2. The quantitative estimate of drug-likeness (QED) is 0.277. The van der Waals surface area contributed by atoms with Gasteiger partial charge in [0.05, 0.1) is 17.5 Å². The van der Waals surface area contributed by atoms with Crippen LogP contribution in [0.3, 0.4) is 0 Å². The lowest BCUT2D eigenvalue weighted by molar-refractivity contribution is -0.167. The van der Waals surface area contributed by atoms with Crippen molar-refractivity contribution < 1.29 is 36.7 Å². The van der Waals surface area contributed by atoms with E-state index in [0.717, 1.165) is 18.4 Å². The summed E-state index contributed by atoms with van der Waals surface area (Å²) < 4.78 is 60.5. The summed E-state index contributed by atoms with van der Waals surface area (Å²) in [5, 5.41) is 2.53.